The molecule has 0 fully saturated rings. The van der Waals surface area contributed by atoms with E-state index in [2.05, 4.69) is 29.8 Å². The number of hydrogen-bond acceptors (Lipinski definition) is 2. The third-order valence-corrected chi connectivity index (χ3v) is 3.52. The van der Waals surface area contributed by atoms with E-state index < -0.39 is 0 Å². The van der Waals surface area contributed by atoms with Crippen LogP contribution in [0.4, 0.5) is 11.6 Å². The van der Waals surface area contributed by atoms with Gasteiger partial charge in [0.15, 0.2) is 0 Å². The predicted octanol–water partition coefficient (Wildman–Crippen LogP) is 5.09. The second kappa shape index (κ2) is 5.78. The fraction of sp³-hybridized carbons (Fsp3) is 0.235. The van der Waals surface area contributed by atoms with Crippen LogP contribution in [-0.2, 0) is 6.54 Å². The molecule has 3 rings (SSSR count). The van der Waals surface area contributed by atoms with Crippen LogP contribution in [0.5, 0.6) is 0 Å². The van der Waals surface area contributed by atoms with E-state index in [0.717, 1.165) is 29.2 Å². The van der Waals surface area contributed by atoms with Gasteiger partial charge in [0.05, 0.1) is 11.0 Å². The average molecular weight is 300 g/mol. The third-order valence-electron chi connectivity index (χ3n) is 3.28. The van der Waals surface area contributed by atoms with Crippen LogP contribution >= 0.6 is 11.6 Å². The van der Waals surface area contributed by atoms with Crippen molar-refractivity contribution in [2.45, 2.75) is 20.4 Å². The molecule has 0 spiro atoms. The van der Waals surface area contributed by atoms with Crippen LogP contribution in [0.25, 0.3) is 11.0 Å². The summed E-state index contributed by atoms with van der Waals surface area (Å²) in [4.78, 5) is 4.70. The summed E-state index contributed by atoms with van der Waals surface area (Å²) in [6.45, 7) is 5.33. The molecule has 2 aromatic carbocycles. The number of imidazole rings is 1. The summed E-state index contributed by atoms with van der Waals surface area (Å²) < 4.78 is 2.22. The maximum atomic E-state index is 6.05. The van der Waals surface area contributed by atoms with Gasteiger partial charge in [-0.2, -0.15) is 0 Å². The van der Waals surface area contributed by atoms with E-state index in [-0.39, 0.29) is 0 Å². The van der Waals surface area contributed by atoms with Gasteiger partial charge in [-0.25, -0.2) is 4.98 Å². The van der Waals surface area contributed by atoms with Gasteiger partial charge in [-0.15, -0.1) is 0 Å². The van der Waals surface area contributed by atoms with Crippen LogP contribution in [0.1, 0.15) is 13.8 Å². The number of nitrogens with one attached hydrogen (secondary N) is 1. The van der Waals surface area contributed by atoms with Gasteiger partial charge in [0.1, 0.15) is 0 Å². The van der Waals surface area contributed by atoms with Crippen molar-refractivity contribution in [1.82, 2.24) is 9.55 Å². The Morgan fingerprint density at radius 1 is 1.14 bits per heavy atom. The van der Waals surface area contributed by atoms with Crippen molar-refractivity contribution in [3.05, 3.63) is 53.6 Å². The Morgan fingerprint density at radius 3 is 2.71 bits per heavy atom. The monoisotopic (exact) mass is 299 g/mol. The molecule has 1 aromatic heterocycles. The first-order valence-corrected chi connectivity index (χ1v) is 7.49. The van der Waals surface area contributed by atoms with E-state index in [1.54, 1.807) is 0 Å². The van der Waals surface area contributed by atoms with Crippen LogP contribution in [0.15, 0.2) is 48.5 Å². The number of halogens is 1. The smallest absolute Gasteiger partial charge is 0.208 e. The average Bonchev–Trinajstić information content (AvgIpc) is 2.76. The zero-order valence-corrected chi connectivity index (χ0v) is 12.9. The van der Waals surface area contributed by atoms with Crippen LogP contribution in [0.3, 0.4) is 0 Å². The molecule has 0 unspecified atom stereocenters. The Bertz CT molecular complexity index is 762. The molecule has 0 atom stereocenters. The molecule has 0 aliphatic rings. The summed E-state index contributed by atoms with van der Waals surface area (Å²) in [5.41, 5.74) is 3.10. The maximum Gasteiger partial charge on any atom is 0.208 e. The molecule has 1 heterocycles. The number of fused-ring (bicyclic) bond motifs is 1. The zero-order chi connectivity index (χ0) is 14.8. The Morgan fingerprint density at radius 2 is 1.95 bits per heavy atom. The minimum Gasteiger partial charge on any atom is -0.326 e. The molecule has 0 aliphatic carbocycles. The van der Waals surface area contributed by atoms with Gasteiger partial charge in [0, 0.05) is 17.3 Å². The van der Waals surface area contributed by atoms with Gasteiger partial charge >= 0.3 is 0 Å². The number of benzene rings is 2. The highest BCUT2D eigenvalue weighted by Crippen LogP contribution is 2.25. The first-order chi connectivity index (χ1) is 10.1. The summed E-state index contributed by atoms with van der Waals surface area (Å²) in [7, 11) is 0. The van der Waals surface area contributed by atoms with Crippen molar-refractivity contribution < 1.29 is 0 Å². The molecular weight excluding hydrogens is 282 g/mol. The third kappa shape index (κ3) is 3.03. The summed E-state index contributed by atoms with van der Waals surface area (Å²) in [6.07, 6.45) is 0. The number of aromatic nitrogens is 2. The molecule has 3 aromatic rings. The Balaban J connectivity index is 2.04. The lowest BCUT2D eigenvalue weighted by Gasteiger charge is -2.13. The fourth-order valence-electron chi connectivity index (χ4n) is 2.42. The molecule has 0 amide bonds. The van der Waals surface area contributed by atoms with Gasteiger partial charge in [-0.3, -0.25) is 0 Å². The van der Waals surface area contributed by atoms with Crippen LogP contribution in [0.2, 0.25) is 5.02 Å². The highest BCUT2D eigenvalue weighted by Gasteiger charge is 2.11. The molecule has 21 heavy (non-hydrogen) atoms. The summed E-state index contributed by atoms with van der Waals surface area (Å²) in [5.74, 6) is 1.40. The van der Waals surface area contributed by atoms with E-state index >= 15 is 0 Å². The van der Waals surface area contributed by atoms with Crippen molar-refractivity contribution in [3.8, 4) is 0 Å². The Labute approximate surface area is 129 Å². The summed E-state index contributed by atoms with van der Waals surface area (Å²) in [5, 5.41) is 4.09. The second-order valence-corrected chi connectivity index (χ2v) is 6.00. The van der Waals surface area contributed by atoms with E-state index in [4.69, 9.17) is 16.6 Å². The molecule has 1 N–H and O–H groups in total. The molecule has 3 nitrogen and oxygen atoms in total. The minimum absolute atomic E-state index is 0.544. The molecule has 0 radical (unpaired) electrons. The standard InChI is InChI=1S/C17H18ClN3/c1-12(2)11-21-16-9-4-3-8-15(16)20-17(21)19-14-7-5-6-13(18)10-14/h3-10,12H,11H2,1-2H3,(H,19,20). The topological polar surface area (TPSA) is 29.9 Å². The van der Waals surface area contributed by atoms with Crippen molar-refractivity contribution in [1.29, 1.82) is 0 Å². The van der Waals surface area contributed by atoms with Crippen LogP contribution in [-0.4, -0.2) is 9.55 Å². The SMILES string of the molecule is CC(C)Cn1c(Nc2cccc(Cl)c2)nc2ccccc21. The number of para-hydroxylation sites is 2. The van der Waals surface area contributed by atoms with Crippen molar-refractivity contribution in [2.75, 3.05) is 5.32 Å². The van der Waals surface area contributed by atoms with Gasteiger partial charge in [0.25, 0.3) is 0 Å². The molecule has 0 bridgehead atoms. The second-order valence-electron chi connectivity index (χ2n) is 5.56. The molecule has 4 heteroatoms. The zero-order valence-electron chi connectivity index (χ0n) is 12.2. The van der Waals surface area contributed by atoms with Crippen molar-refractivity contribution in [2.24, 2.45) is 5.92 Å². The number of rotatable bonds is 4. The molecule has 0 saturated carbocycles. The minimum atomic E-state index is 0.544. The number of hydrogen-bond donors (Lipinski definition) is 1. The van der Waals surface area contributed by atoms with E-state index in [1.165, 1.54) is 0 Å². The van der Waals surface area contributed by atoms with E-state index in [9.17, 15) is 0 Å². The van der Waals surface area contributed by atoms with Gasteiger partial charge in [0.2, 0.25) is 5.95 Å². The normalized spacial score (nSPS) is 11.2. The molecule has 0 saturated heterocycles. The number of nitrogens with zero attached hydrogens (tertiary/aromatic N) is 2. The van der Waals surface area contributed by atoms with Crippen LogP contribution < -0.4 is 5.32 Å². The largest absolute Gasteiger partial charge is 0.326 e. The molecule has 108 valence electrons. The van der Waals surface area contributed by atoms with Gasteiger partial charge < -0.3 is 9.88 Å². The molecular formula is C17H18ClN3. The first kappa shape index (κ1) is 14.0. The van der Waals surface area contributed by atoms with Crippen molar-refractivity contribution >= 4 is 34.3 Å². The Hall–Kier alpha value is -2.00. The van der Waals surface area contributed by atoms with E-state index in [0.29, 0.717) is 10.9 Å². The van der Waals surface area contributed by atoms with Crippen molar-refractivity contribution in [3.63, 3.8) is 0 Å². The lowest BCUT2D eigenvalue weighted by Crippen LogP contribution is -2.08. The summed E-state index contributed by atoms with van der Waals surface area (Å²) in [6, 6.07) is 15.9. The first-order valence-electron chi connectivity index (χ1n) is 7.11. The van der Waals surface area contributed by atoms with E-state index in [1.807, 2.05) is 42.5 Å². The Kier molecular flexibility index (Phi) is 3.84. The molecule has 0 aliphatic heterocycles. The lowest BCUT2D eigenvalue weighted by atomic mass is 10.2. The van der Waals surface area contributed by atoms with Crippen LogP contribution in [0, 0.1) is 5.92 Å². The predicted molar refractivity (Wildman–Crippen MR) is 89.3 cm³/mol. The fourth-order valence-corrected chi connectivity index (χ4v) is 2.61. The highest BCUT2D eigenvalue weighted by atomic mass is 35.5. The maximum absolute atomic E-state index is 6.05. The quantitative estimate of drug-likeness (QED) is 0.727. The van der Waals surface area contributed by atoms with Gasteiger partial charge in [-0.05, 0) is 36.2 Å². The number of anilines is 2. The summed E-state index contributed by atoms with van der Waals surface area (Å²) >= 11 is 6.05. The lowest BCUT2D eigenvalue weighted by molar-refractivity contribution is 0.537. The van der Waals surface area contributed by atoms with Gasteiger partial charge in [-0.1, -0.05) is 43.6 Å². The highest BCUT2D eigenvalue weighted by molar-refractivity contribution is 6.30.